The number of aromatic nitrogens is 1. The van der Waals surface area contributed by atoms with Crippen LogP contribution in [0.4, 0.5) is 5.13 Å². The Morgan fingerprint density at radius 1 is 1.42 bits per heavy atom. The Hall–Kier alpha value is -1.92. The van der Waals surface area contributed by atoms with Crippen molar-refractivity contribution in [3.8, 4) is 5.75 Å². The molecule has 1 aromatic heterocycles. The van der Waals surface area contributed by atoms with Crippen LogP contribution in [0.15, 0.2) is 34.7 Å². The molecule has 0 aliphatic carbocycles. The van der Waals surface area contributed by atoms with Gasteiger partial charge in [0.25, 0.3) is 0 Å². The van der Waals surface area contributed by atoms with Crippen molar-refractivity contribution in [3.05, 3.63) is 40.9 Å². The van der Waals surface area contributed by atoms with Crippen LogP contribution in [0.25, 0.3) is 0 Å². The first kappa shape index (κ1) is 18.9. The molecule has 1 fully saturated rings. The maximum absolute atomic E-state index is 6.00. The Morgan fingerprint density at radius 3 is 3.12 bits per heavy atom. The summed E-state index contributed by atoms with van der Waals surface area (Å²) in [5.41, 5.74) is 4.94. The molecule has 3 rings (SSSR count). The number of hydrogen-bond acceptors (Lipinski definition) is 6. The van der Waals surface area contributed by atoms with Crippen molar-refractivity contribution in [1.82, 2.24) is 9.88 Å². The Bertz CT molecular complexity index is 715. The van der Waals surface area contributed by atoms with E-state index in [1.165, 1.54) is 25.9 Å². The van der Waals surface area contributed by atoms with E-state index in [4.69, 9.17) is 4.74 Å². The number of aryl methyl sites for hydroxylation is 1. The number of nitrogens with zero attached hydrogens (tertiary/aromatic N) is 3. The summed E-state index contributed by atoms with van der Waals surface area (Å²) in [6, 6.07) is 8.01. The van der Waals surface area contributed by atoms with Crippen molar-refractivity contribution in [3.63, 3.8) is 0 Å². The molecule has 1 unspecified atom stereocenters. The van der Waals surface area contributed by atoms with E-state index in [1.807, 2.05) is 36.6 Å². The number of hydrogen-bond donors (Lipinski definition) is 1. The van der Waals surface area contributed by atoms with Gasteiger partial charge in [-0.15, -0.1) is 11.3 Å². The van der Waals surface area contributed by atoms with Crippen LogP contribution in [0.2, 0.25) is 0 Å². The number of benzene rings is 1. The van der Waals surface area contributed by atoms with E-state index in [1.54, 1.807) is 17.6 Å². The molecule has 0 amide bonds. The predicted octanol–water partition coefficient (Wildman–Crippen LogP) is 4.40. The number of ether oxygens (including phenoxy) is 1. The number of likely N-dealkylation sites (tertiary alicyclic amines) is 1. The molecule has 6 heteroatoms. The van der Waals surface area contributed by atoms with Gasteiger partial charge >= 0.3 is 0 Å². The SMILES string of the molecule is Cc1csc(NN=Cc2ccccc2OCCCN2CCCC(C)C2)n1. The lowest BCUT2D eigenvalue weighted by Crippen LogP contribution is -2.35. The first-order valence-corrected chi connectivity index (χ1v) is 10.2. The van der Waals surface area contributed by atoms with Gasteiger partial charge in [-0.1, -0.05) is 19.1 Å². The normalized spacial score (nSPS) is 18.3. The molecule has 1 aliphatic heterocycles. The molecule has 1 saturated heterocycles. The average molecular weight is 373 g/mol. The number of piperidine rings is 1. The third kappa shape index (κ3) is 5.81. The van der Waals surface area contributed by atoms with Gasteiger partial charge in [0.1, 0.15) is 5.75 Å². The van der Waals surface area contributed by atoms with Crippen molar-refractivity contribution >= 4 is 22.7 Å². The van der Waals surface area contributed by atoms with E-state index in [2.05, 4.69) is 27.3 Å². The summed E-state index contributed by atoms with van der Waals surface area (Å²) in [5.74, 6) is 1.70. The fourth-order valence-corrected chi connectivity index (χ4v) is 3.88. The Kier molecular flexibility index (Phi) is 7.03. The van der Waals surface area contributed by atoms with Crippen molar-refractivity contribution in [1.29, 1.82) is 0 Å². The molecular formula is C20H28N4OS. The number of anilines is 1. The highest BCUT2D eigenvalue weighted by atomic mass is 32.1. The van der Waals surface area contributed by atoms with E-state index in [0.29, 0.717) is 0 Å². The topological polar surface area (TPSA) is 49.8 Å². The second-order valence-corrected chi connectivity index (χ2v) is 7.81. The minimum atomic E-state index is 0.731. The minimum absolute atomic E-state index is 0.731. The summed E-state index contributed by atoms with van der Waals surface area (Å²) in [7, 11) is 0. The third-order valence-corrected chi connectivity index (χ3v) is 5.38. The minimum Gasteiger partial charge on any atom is -0.493 e. The van der Waals surface area contributed by atoms with Gasteiger partial charge in [-0.2, -0.15) is 5.10 Å². The van der Waals surface area contributed by atoms with Crippen LogP contribution in [0.3, 0.4) is 0 Å². The number of nitrogens with one attached hydrogen (secondary N) is 1. The van der Waals surface area contributed by atoms with Crippen molar-refractivity contribution < 1.29 is 4.74 Å². The second-order valence-electron chi connectivity index (χ2n) is 6.95. The first-order chi connectivity index (χ1) is 12.7. The summed E-state index contributed by atoms with van der Waals surface area (Å²) in [6.07, 6.45) is 5.54. The van der Waals surface area contributed by atoms with Gasteiger partial charge in [0.05, 0.1) is 18.5 Å². The van der Waals surface area contributed by atoms with E-state index in [0.717, 1.165) is 47.6 Å². The molecule has 0 radical (unpaired) electrons. The molecule has 0 saturated carbocycles. The number of rotatable bonds is 8. The van der Waals surface area contributed by atoms with Crippen molar-refractivity contribution in [2.24, 2.45) is 11.0 Å². The molecule has 1 aliphatic rings. The Morgan fingerprint density at radius 2 is 2.31 bits per heavy atom. The lowest BCUT2D eigenvalue weighted by atomic mass is 10.0. The first-order valence-electron chi connectivity index (χ1n) is 9.36. The molecule has 140 valence electrons. The molecule has 5 nitrogen and oxygen atoms in total. The monoisotopic (exact) mass is 372 g/mol. The van der Waals surface area contributed by atoms with Gasteiger partial charge in [-0.25, -0.2) is 4.98 Å². The largest absolute Gasteiger partial charge is 0.493 e. The predicted molar refractivity (Wildman–Crippen MR) is 109 cm³/mol. The van der Waals surface area contributed by atoms with E-state index < -0.39 is 0 Å². The molecule has 1 aromatic carbocycles. The van der Waals surface area contributed by atoms with Crippen LogP contribution in [0, 0.1) is 12.8 Å². The quantitative estimate of drug-likeness (QED) is 0.424. The Labute approximate surface area is 160 Å². The summed E-state index contributed by atoms with van der Waals surface area (Å²) in [5, 5.41) is 7.08. The molecule has 0 bridgehead atoms. The third-order valence-electron chi connectivity index (χ3n) is 4.52. The van der Waals surface area contributed by atoms with Gasteiger partial charge in [0.2, 0.25) is 5.13 Å². The zero-order valence-electron chi connectivity index (χ0n) is 15.6. The summed E-state index contributed by atoms with van der Waals surface area (Å²) < 4.78 is 6.00. The van der Waals surface area contributed by atoms with Crippen LogP contribution in [0.5, 0.6) is 5.75 Å². The highest BCUT2D eigenvalue weighted by Crippen LogP contribution is 2.18. The number of hydrazone groups is 1. The van der Waals surface area contributed by atoms with Gasteiger partial charge in [-0.05, 0) is 50.8 Å². The van der Waals surface area contributed by atoms with Crippen LogP contribution < -0.4 is 10.2 Å². The smallest absolute Gasteiger partial charge is 0.203 e. The Balaban J connectivity index is 1.46. The van der Waals surface area contributed by atoms with Crippen LogP contribution in [0.1, 0.15) is 37.4 Å². The fraction of sp³-hybridized carbons (Fsp3) is 0.500. The van der Waals surface area contributed by atoms with E-state index in [9.17, 15) is 0 Å². The molecule has 1 atom stereocenters. The zero-order valence-corrected chi connectivity index (χ0v) is 16.5. The molecule has 2 heterocycles. The zero-order chi connectivity index (χ0) is 18.2. The molecule has 2 aromatic rings. The van der Waals surface area contributed by atoms with Gasteiger partial charge < -0.3 is 9.64 Å². The van der Waals surface area contributed by atoms with Gasteiger partial charge in [0, 0.05) is 24.0 Å². The average Bonchev–Trinajstić information content (AvgIpc) is 3.05. The maximum Gasteiger partial charge on any atom is 0.203 e. The number of thiazole rings is 1. The second kappa shape index (κ2) is 9.69. The van der Waals surface area contributed by atoms with Crippen molar-refractivity contribution in [2.75, 3.05) is 31.7 Å². The summed E-state index contributed by atoms with van der Waals surface area (Å²) in [6.45, 7) is 8.62. The summed E-state index contributed by atoms with van der Waals surface area (Å²) in [4.78, 5) is 6.89. The molecular weight excluding hydrogens is 344 g/mol. The summed E-state index contributed by atoms with van der Waals surface area (Å²) >= 11 is 1.55. The fourth-order valence-electron chi connectivity index (χ4n) is 3.24. The van der Waals surface area contributed by atoms with Crippen molar-refractivity contribution in [2.45, 2.75) is 33.1 Å². The van der Waals surface area contributed by atoms with Crippen LogP contribution in [-0.4, -0.2) is 42.3 Å². The lowest BCUT2D eigenvalue weighted by molar-refractivity contribution is 0.170. The molecule has 0 spiro atoms. The standard InChI is InChI=1S/C20H28N4OS/c1-16-7-5-10-24(14-16)11-6-12-25-19-9-4-3-8-18(19)13-21-23-20-22-17(2)15-26-20/h3-4,8-9,13,15-16H,5-7,10-12,14H2,1-2H3,(H,22,23). The maximum atomic E-state index is 6.00. The van der Waals surface area contributed by atoms with E-state index in [-0.39, 0.29) is 0 Å². The molecule has 26 heavy (non-hydrogen) atoms. The highest BCUT2D eigenvalue weighted by Gasteiger charge is 2.15. The van der Waals surface area contributed by atoms with Crippen LogP contribution >= 0.6 is 11.3 Å². The molecule has 1 N–H and O–H groups in total. The van der Waals surface area contributed by atoms with Gasteiger partial charge in [-0.3, -0.25) is 5.43 Å². The van der Waals surface area contributed by atoms with E-state index >= 15 is 0 Å². The lowest BCUT2D eigenvalue weighted by Gasteiger charge is -2.30. The van der Waals surface area contributed by atoms with Gasteiger partial charge in [0.15, 0.2) is 0 Å². The highest BCUT2D eigenvalue weighted by molar-refractivity contribution is 7.13. The number of para-hydroxylation sites is 1. The van der Waals surface area contributed by atoms with Crippen LogP contribution in [-0.2, 0) is 0 Å².